The van der Waals surface area contributed by atoms with E-state index in [0.29, 0.717) is 19.4 Å². The molecule has 4 aromatic rings. The van der Waals surface area contributed by atoms with Crippen LogP contribution in [0.3, 0.4) is 0 Å². The first-order chi connectivity index (χ1) is 16.8. The summed E-state index contributed by atoms with van der Waals surface area (Å²) in [7, 11) is 1.62. The summed E-state index contributed by atoms with van der Waals surface area (Å²) in [5.41, 5.74) is 2.84. The Kier molecular flexibility index (Phi) is 7.40. The average Bonchev–Trinajstić information content (AvgIpc) is 3.22. The minimum absolute atomic E-state index is 0.133. The van der Waals surface area contributed by atoms with Crippen LogP contribution < -0.4 is 10.2 Å². The van der Waals surface area contributed by atoms with Crippen molar-refractivity contribution in [2.75, 3.05) is 18.5 Å². The molecule has 0 saturated carbocycles. The van der Waals surface area contributed by atoms with Gasteiger partial charge in [-0.2, -0.15) is 13.2 Å². The van der Waals surface area contributed by atoms with Gasteiger partial charge in [0, 0.05) is 19.3 Å². The third-order valence-corrected chi connectivity index (χ3v) is 6.81. The zero-order valence-electron chi connectivity index (χ0n) is 19.5. The van der Waals surface area contributed by atoms with Gasteiger partial charge < -0.3 is 10.2 Å². The summed E-state index contributed by atoms with van der Waals surface area (Å²) in [4.78, 5) is 19.7. The second kappa shape index (κ2) is 10.5. The molecule has 3 aromatic carbocycles. The normalized spacial score (nSPS) is 12.5. The lowest BCUT2D eigenvalue weighted by atomic mass is 10.0. The van der Waals surface area contributed by atoms with Crippen LogP contribution in [0.4, 0.5) is 18.9 Å². The van der Waals surface area contributed by atoms with Crippen LogP contribution in [0.5, 0.6) is 0 Å². The lowest BCUT2D eigenvalue weighted by Gasteiger charge is -2.33. The molecule has 0 fully saturated rings. The summed E-state index contributed by atoms with van der Waals surface area (Å²) < 4.78 is 39.7. The van der Waals surface area contributed by atoms with Crippen molar-refractivity contribution < 1.29 is 18.0 Å². The number of carbonyl (C=O) groups is 1. The van der Waals surface area contributed by atoms with Crippen molar-refractivity contribution in [2.45, 2.75) is 32.0 Å². The number of nitrogens with one attached hydrogen (secondary N) is 1. The minimum atomic E-state index is -4.35. The van der Waals surface area contributed by atoms with Gasteiger partial charge in [-0.25, -0.2) is 4.98 Å². The van der Waals surface area contributed by atoms with Crippen LogP contribution in [0.2, 0.25) is 0 Å². The number of alkyl halides is 3. The summed E-state index contributed by atoms with van der Waals surface area (Å²) in [6.45, 7) is 2.50. The highest BCUT2D eigenvalue weighted by molar-refractivity contribution is 7.18. The predicted molar refractivity (Wildman–Crippen MR) is 135 cm³/mol. The number of benzene rings is 3. The largest absolute Gasteiger partial charge is 0.416 e. The molecule has 1 N–H and O–H groups in total. The highest BCUT2D eigenvalue weighted by Gasteiger charge is 2.30. The van der Waals surface area contributed by atoms with E-state index < -0.39 is 17.8 Å². The number of aryl methyl sites for hydroxylation is 2. The van der Waals surface area contributed by atoms with E-state index in [1.165, 1.54) is 12.1 Å². The van der Waals surface area contributed by atoms with Crippen LogP contribution in [-0.2, 0) is 17.4 Å². The van der Waals surface area contributed by atoms with E-state index in [2.05, 4.69) is 21.3 Å². The summed E-state index contributed by atoms with van der Waals surface area (Å²) in [5, 5.41) is 3.76. The van der Waals surface area contributed by atoms with Crippen molar-refractivity contribution in [1.29, 1.82) is 0 Å². The van der Waals surface area contributed by atoms with Crippen molar-refractivity contribution in [3.63, 3.8) is 0 Å². The van der Waals surface area contributed by atoms with Crippen molar-refractivity contribution >= 4 is 33.1 Å². The first-order valence-electron chi connectivity index (χ1n) is 11.3. The number of carbonyl (C=O) groups excluding carboxylic acids is 1. The van der Waals surface area contributed by atoms with Crippen LogP contribution in [0.1, 0.15) is 34.2 Å². The van der Waals surface area contributed by atoms with E-state index in [0.717, 1.165) is 44.2 Å². The number of fused-ring (bicyclic) bond motifs is 1. The molecular formula is C27H26F3N3OS. The molecule has 0 aliphatic rings. The number of thiazole rings is 1. The Morgan fingerprint density at radius 3 is 2.43 bits per heavy atom. The van der Waals surface area contributed by atoms with Crippen molar-refractivity contribution in [3.05, 3.63) is 94.5 Å². The standard InChI is InChI=1S/C27H26F3N3OS/c1-18-32-23-15-14-22(17-24(23)35-18)33(25(26(34)31-2)20-8-4-3-5-9-20)16-6-7-19-10-12-21(13-11-19)27(28,29)30/h3-5,8-15,17,25H,6-7,16H2,1-2H3,(H,31,34). The van der Waals surface area contributed by atoms with Gasteiger partial charge in [0.25, 0.3) is 0 Å². The van der Waals surface area contributed by atoms with Crippen molar-refractivity contribution in [3.8, 4) is 0 Å². The first kappa shape index (κ1) is 24.7. The van der Waals surface area contributed by atoms with Crippen LogP contribution in [0.25, 0.3) is 10.2 Å². The summed E-state index contributed by atoms with van der Waals surface area (Å²) in [6, 6.07) is 20.3. The van der Waals surface area contributed by atoms with Crippen molar-refractivity contribution in [1.82, 2.24) is 10.3 Å². The van der Waals surface area contributed by atoms with Gasteiger partial charge in [0.1, 0.15) is 6.04 Å². The molecule has 182 valence electrons. The maximum Gasteiger partial charge on any atom is 0.416 e. The molecule has 8 heteroatoms. The van der Waals surface area contributed by atoms with Gasteiger partial charge >= 0.3 is 6.18 Å². The van der Waals surface area contributed by atoms with Gasteiger partial charge in [0.2, 0.25) is 5.91 Å². The molecular weight excluding hydrogens is 471 g/mol. The van der Waals surface area contributed by atoms with Crippen LogP contribution in [0, 0.1) is 6.92 Å². The molecule has 1 aromatic heterocycles. The quantitative estimate of drug-likeness (QED) is 0.300. The number of hydrogen-bond donors (Lipinski definition) is 1. The van der Waals surface area contributed by atoms with Crippen LogP contribution in [0.15, 0.2) is 72.8 Å². The molecule has 1 atom stereocenters. The zero-order valence-corrected chi connectivity index (χ0v) is 20.3. The average molecular weight is 498 g/mol. The SMILES string of the molecule is CNC(=O)C(c1ccccc1)N(CCCc1ccc(C(F)(F)F)cc1)c1ccc2nc(C)sc2c1. The zero-order chi connectivity index (χ0) is 25.0. The Labute approximate surface area is 206 Å². The fraction of sp³-hybridized carbons (Fsp3) is 0.259. The minimum Gasteiger partial charge on any atom is -0.357 e. The molecule has 35 heavy (non-hydrogen) atoms. The maximum atomic E-state index is 13.1. The van der Waals surface area contributed by atoms with E-state index in [9.17, 15) is 18.0 Å². The Morgan fingerprint density at radius 2 is 1.77 bits per heavy atom. The second-order valence-electron chi connectivity index (χ2n) is 8.30. The molecule has 1 amide bonds. The fourth-order valence-corrected chi connectivity index (χ4v) is 5.03. The molecule has 0 bridgehead atoms. The summed E-state index contributed by atoms with van der Waals surface area (Å²) in [5.74, 6) is -0.133. The monoisotopic (exact) mass is 497 g/mol. The van der Waals surface area contributed by atoms with E-state index in [1.807, 2.05) is 49.4 Å². The lowest BCUT2D eigenvalue weighted by molar-refractivity contribution is -0.137. The number of amides is 1. The van der Waals surface area contributed by atoms with E-state index in [4.69, 9.17) is 0 Å². The number of likely N-dealkylation sites (N-methyl/N-ethyl adjacent to an activating group) is 1. The number of halogens is 3. The highest BCUT2D eigenvalue weighted by atomic mass is 32.1. The van der Waals surface area contributed by atoms with Crippen molar-refractivity contribution in [2.24, 2.45) is 0 Å². The Morgan fingerprint density at radius 1 is 1.06 bits per heavy atom. The van der Waals surface area contributed by atoms with E-state index in [1.54, 1.807) is 18.4 Å². The molecule has 4 nitrogen and oxygen atoms in total. The third kappa shape index (κ3) is 5.82. The summed E-state index contributed by atoms with van der Waals surface area (Å²) >= 11 is 1.60. The van der Waals surface area contributed by atoms with Gasteiger partial charge in [-0.05, 0) is 61.2 Å². The third-order valence-electron chi connectivity index (χ3n) is 5.88. The molecule has 0 spiro atoms. The molecule has 0 aliphatic heterocycles. The molecule has 1 heterocycles. The van der Waals surface area contributed by atoms with Gasteiger partial charge in [-0.15, -0.1) is 11.3 Å². The maximum absolute atomic E-state index is 13.1. The lowest BCUT2D eigenvalue weighted by Crippen LogP contribution is -2.40. The molecule has 4 rings (SSSR count). The second-order valence-corrected chi connectivity index (χ2v) is 9.54. The first-order valence-corrected chi connectivity index (χ1v) is 12.1. The highest BCUT2D eigenvalue weighted by Crippen LogP contribution is 2.33. The predicted octanol–water partition coefficient (Wildman–Crippen LogP) is 6.55. The molecule has 0 saturated heterocycles. The molecule has 0 radical (unpaired) electrons. The molecule has 1 unspecified atom stereocenters. The number of hydrogen-bond acceptors (Lipinski definition) is 4. The van der Waals surface area contributed by atoms with Crippen LogP contribution >= 0.6 is 11.3 Å². The Hall–Kier alpha value is -3.39. The number of rotatable bonds is 8. The summed E-state index contributed by atoms with van der Waals surface area (Å²) in [6.07, 6.45) is -3.10. The van der Waals surface area contributed by atoms with Gasteiger partial charge in [-0.3, -0.25) is 4.79 Å². The van der Waals surface area contributed by atoms with E-state index in [-0.39, 0.29) is 5.91 Å². The molecule has 0 aliphatic carbocycles. The van der Waals surface area contributed by atoms with E-state index >= 15 is 0 Å². The smallest absolute Gasteiger partial charge is 0.357 e. The van der Waals surface area contributed by atoms with Crippen LogP contribution in [-0.4, -0.2) is 24.5 Å². The number of anilines is 1. The van der Waals surface area contributed by atoms with Gasteiger partial charge in [0.05, 0.1) is 20.8 Å². The van der Waals surface area contributed by atoms with Gasteiger partial charge in [-0.1, -0.05) is 42.5 Å². The topological polar surface area (TPSA) is 45.2 Å². The fourth-order valence-electron chi connectivity index (χ4n) is 4.17. The Bertz CT molecular complexity index is 1290. The van der Waals surface area contributed by atoms with Gasteiger partial charge in [0.15, 0.2) is 0 Å². The number of aromatic nitrogens is 1. The number of nitrogens with zero attached hydrogens (tertiary/aromatic N) is 2. The Balaban J connectivity index is 1.63.